The Morgan fingerprint density at radius 2 is 2.14 bits per heavy atom. The number of fused-ring (bicyclic) bond motifs is 1. The number of aromatic nitrogens is 3. The highest BCUT2D eigenvalue weighted by Crippen LogP contribution is 2.30. The van der Waals surface area contributed by atoms with Gasteiger partial charge in [0.25, 0.3) is 0 Å². The van der Waals surface area contributed by atoms with Crippen LogP contribution in [0.15, 0.2) is 38.3 Å². The summed E-state index contributed by atoms with van der Waals surface area (Å²) in [6.45, 7) is 2.22. The van der Waals surface area contributed by atoms with E-state index in [1.807, 2.05) is 35.9 Å². The van der Waals surface area contributed by atoms with Gasteiger partial charge in [-0.1, -0.05) is 47.5 Å². The summed E-state index contributed by atoms with van der Waals surface area (Å²) in [7, 11) is 1.89. The maximum atomic E-state index is 12.4. The predicted octanol–water partition coefficient (Wildman–Crippen LogP) is 4.78. The molecule has 1 saturated carbocycles. The first-order chi connectivity index (χ1) is 13.5. The van der Waals surface area contributed by atoms with E-state index in [0.29, 0.717) is 34.5 Å². The minimum absolute atomic E-state index is 0.0573. The standard InChI is InChI=1S/C20H23BrN4O2S/c1-12-5-3-4-6-15(12)22-18(26)11-28-20-24-23-19(25(20)2)17-10-13-9-14(21)7-8-16(13)27-17/h7-10,12,15H,3-6,11H2,1-2H3,(H,22,26)/t12-,15-/m0/s1. The molecule has 1 aromatic carbocycles. The Balaban J connectivity index is 1.42. The van der Waals surface area contributed by atoms with Gasteiger partial charge in [-0.15, -0.1) is 10.2 Å². The molecule has 0 unspecified atom stereocenters. The average molecular weight is 463 g/mol. The van der Waals surface area contributed by atoms with Gasteiger partial charge in [0.1, 0.15) is 5.58 Å². The number of rotatable bonds is 5. The molecule has 6 nitrogen and oxygen atoms in total. The SMILES string of the molecule is C[C@H]1CCCC[C@@H]1NC(=O)CSc1nnc(-c2cc3cc(Br)ccc3o2)n1C. The minimum atomic E-state index is 0.0573. The summed E-state index contributed by atoms with van der Waals surface area (Å²) in [5.41, 5.74) is 0.802. The maximum absolute atomic E-state index is 12.4. The van der Waals surface area contributed by atoms with Crippen LogP contribution in [0.4, 0.5) is 0 Å². The van der Waals surface area contributed by atoms with Gasteiger partial charge in [0, 0.05) is 22.9 Å². The van der Waals surface area contributed by atoms with Crippen LogP contribution >= 0.6 is 27.7 Å². The molecule has 0 bridgehead atoms. The number of nitrogens with one attached hydrogen (secondary N) is 1. The summed E-state index contributed by atoms with van der Waals surface area (Å²) in [6, 6.07) is 8.12. The van der Waals surface area contributed by atoms with Crippen LogP contribution in [0, 0.1) is 5.92 Å². The molecular weight excluding hydrogens is 440 g/mol. The normalized spacial score (nSPS) is 19.8. The molecular formula is C20H23BrN4O2S. The number of carbonyl (C=O) groups is 1. The molecule has 2 heterocycles. The zero-order valence-electron chi connectivity index (χ0n) is 15.9. The highest BCUT2D eigenvalue weighted by molar-refractivity contribution is 9.10. The highest BCUT2D eigenvalue weighted by atomic mass is 79.9. The van der Waals surface area contributed by atoms with Crippen molar-refractivity contribution in [3.8, 4) is 11.6 Å². The van der Waals surface area contributed by atoms with Crippen molar-refractivity contribution >= 4 is 44.6 Å². The number of hydrogen-bond acceptors (Lipinski definition) is 5. The van der Waals surface area contributed by atoms with Gasteiger partial charge < -0.3 is 14.3 Å². The van der Waals surface area contributed by atoms with Crippen LogP contribution in [0.5, 0.6) is 0 Å². The lowest BCUT2D eigenvalue weighted by Crippen LogP contribution is -2.41. The average Bonchev–Trinajstić information content (AvgIpc) is 3.24. The fourth-order valence-electron chi connectivity index (χ4n) is 3.69. The molecule has 2 aromatic heterocycles. The molecule has 1 N–H and O–H groups in total. The first-order valence-corrected chi connectivity index (χ1v) is 11.3. The number of carbonyl (C=O) groups excluding carboxylic acids is 1. The van der Waals surface area contributed by atoms with Crippen LogP contribution in [0.2, 0.25) is 0 Å². The zero-order chi connectivity index (χ0) is 19.7. The van der Waals surface area contributed by atoms with Crippen LogP contribution in [-0.2, 0) is 11.8 Å². The number of hydrogen-bond donors (Lipinski definition) is 1. The Labute approximate surface area is 176 Å². The topological polar surface area (TPSA) is 73.0 Å². The summed E-state index contributed by atoms with van der Waals surface area (Å²) < 4.78 is 8.78. The van der Waals surface area contributed by atoms with Crippen molar-refractivity contribution in [3.63, 3.8) is 0 Å². The molecule has 1 fully saturated rings. The fraction of sp³-hybridized carbons (Fsp3) is 0.450. The second kappa shape index (κ2) is 8.29. The molecule has 2 atom stereocenters. The van der Waals surface area contributed by atoms with E-state index in [-0.39, 0.29) is 5.91 Å². The van der Waals surface area contributed by atoms with Crippen LogP contribution in [-0.4, -0.2) is 32.5 Å². The summed E-state index contributed by atoms with van der Waals surface area (Å²) in [4.78, 5) is 12.4. The molecule has 4 rings (SSSR count). The van der Waals surface area contributed by atoms with Crippen molar-refractivity contribution in [1.29, 1.82) is 0 Å². The third-order valence-corrected chi connectivity index (χ3v) is 6.84. The summed E-state index contributed by atoms with van der Waals surface area (Å²) >= 11 is 4.87. The Hall–Kier alpha value is -1.80. The molecule has 0 saturated heterocycles. The molecule has 8 heteroatoms. The largest absolute Gasteiger partial charge is 0.453 e. The van der Waals surface area contributed by atoms with E-state index in [4.69, 9.17) is 4.42 Å². The van der Waals surface area contributed by atoms with Gasteiger partial charge in [0.05, 0.1) is 5.75 Å². The van der Waals surface area contributed by atoms with E-state index in [0.717, 1.165) is 21.9 Å². The highest BCUT2D eigenvalue weighted by Gasteiger charge is 2.23. The molecule has 28 heavy (non-hydrogen) atoms. The lowest BCUT2D eigenvalue weighted by molar-refractivity contribution is -0.119. The molecule has 3 aromatic rings. The van der Waals surface area contributed by atoms with Crippen molar-refractivity contribution in [2.24, 2.45) is 13.0 Å². The van der Waals surface area contributed by atoms with Crippen molar-refractivity contribution < 1.29 is 9.21 Å². The third-order valence-electron chi connectivity index (χ3n) is 5.32. The van der Waals surface area contributed by atoms with Crippen LogP contribution in [0.1, 0.15) is 32.6 Å². The van der Waals surface area contributed by atoms with E-state index in [1.165, 1.54) is 31.0 Å². The quantitative estimate of drug-likeness (QED) is 0.552. The van der Waals surface area contributed by atoms with E-state index >= 15 is 0 Å². The number of amides is 1. The van der Waals surface area contributed by atoms with Crippen molar-refractivity contribution in [2.45, 2.75) is 43.8 Å². The van der Waals surface area contributed by atoms with Crippen LogP contribution in [0.3, 0.4) is 0 Å². The Kier molecular flexibility index (Phi) is 5.78. The monoisotopic (exact) mass is 462 g/mol. The summed E-state index contributed by atoms with van der Waals surface area (Å²) in [6.07, 6.45) is 4.73. The zero-order valence-corrected chi connectivity index (χ0v) is 18.3. The smallest absolute Gasteiger partial charge is 0.230 e. The molecule has 1 amide bonds. The maximum Gasteiger partial charge on any atom is 0.230 e. The predicted molar refractivity (Wildman–Crippen MR) is 114 cm³/mol. The number of thioether (sulfide) groups is 1. The van der Waals surface area contributed by atoms with Gasteiger partial charge in [-0.2, -0.15) is 0 Å². The first-order valence-electron chi connectivity index (χ1n) is 9.52. The lowest BCUT2D eigenvalue weighted by Gasteiger charge is -2.29. The third kappa shape index (κ3) is 4.12. The number of benzene rings is 1. The van der Waals surface area contributed by atoms with Crippen molar-refractivity contribution in [3.05, 3.63) is 28.7 Å². The van der Waals surface area contributed by atoms with Gasteiger partial charge >= 0.3 is 0 Å². The number of halogens is 1. The Morgan fingerprint density at radius 1 is 1.32 bits per heavy atom. The minimum Gasteiger partial charge on any atom is -0.453 e. The number of furan rings is 1. The van der Waals surface area contributed by atoms with E-state index < -0.39 is 0 Å². The summed E-state index contributed by atoms with van der Waals surface area (Å²) in [5.74, 6) is 2.26. The van der Waals surface area contributed by atoms with Gasteiger partial charge in [0.15, 0.2) is 16.7 Å². The van der Waals surface area contributed by atoms with Crippen LogP contribution < -0.4 is 5.32 Å². The number of nitrogens with zero attached hydrogens (tertiary/aromatic N) is 3. The second-order valence-corrected chi connectivity index (χ2v) is 9.24. The molecule has 1 aliphatic rings. The Bertz CT molecular complexity index is 999. The van der Waals surface area contributed by atoms with Gasteiger partial charge in [-0.05, 0) is 43.0 Å². The van der Waals surface area contributed by atoms with Crippen LogP contribution in [0.25, 0.3) is 22.6 Å². The van der Waals surface area contributed by atoms with E-state index in [9.17, 15) is 4.79 Å². The van der Waals surface area contributed by atoms with E-state index in [2.05, 4.69) is 38.4 Å². The lowest BCUT2D eigenvalue weighted by atomic mass is 9.86. The summed E-state index contributed by atoms with van der Waals surface area (Å²) in [5, 5.41) is 13.4. The second-order valence-electron chi connectivity index (χ2n) is 7.38. The molecule has 0 radical (unpaired) electrons. The van der Waals surface area contributed by atoms with E-state index in [1.54, 1.807) is 0 Å². The van der Waals surface area contributed by atoms with Gasteiger partial charge in [-0.25, -0.2) is 0 Å². The molecule has 0 aliphatic heterocycles. The first kappa shape index (κ1) is 19.5. The Morgan fingerprint density at radius 3 is 2.96 bits per heavy atom. The fourth-order valence-corrected chi connectivity index (χ4v) is 4.79. The molecule has 0 spiro atoms. The van der Waals surface area contributed by atoms with Crippen molar-refractivity contribution in [1.82, 2.24) is 20.1 Å². The molecule has 1 aliphatic carbocycles. The van der Waals surface area contributed by atoms with Gasteiger partial charge in [-0.3, -0.25) is 4.79 Å². The van der Waals surface area contributed by atoms with Crippen molar-refractivity contribution in [2.75, 3.05) is 5.75 Å². The van der Waals surface area contributed by atoms with Gasteiger partial charge in [0.2, 0.25) is 5.91 Å². The molecule has 148 valence electrons.